The Morgan fingerprint density at radius 2 is 0.700 bits per heavy atom. The molecule has 2 aromatic heterocycles. The van der Waals surface area contributed by atoms with Crippen LogP contribution in [0.4, 0.5) is 0 Å². The SMILES string of the molecule is c1ccc2cc(-c3nc(-c4ccc(-c5ccc(-c6cc7c(-c8ccc9ccccc9c8)nc8ccccc8c7c7ccccc67)cc5)cc4)nc4ccccc34)ccc2c1. The first-order valence-corrected chi connectivity index (χ1v) is 20.4. The molecule has 0 fully saturated rings. The minimum Gasteiger partial charge on any atom is -0.247 e. The summed E-state index contributed by atoms with van der Waals surface area (Å²) < 4.78 is 0. The number of hydrogen-bond donors (Lipinski definition) is 0. The first kappa shape index (κ1) is 34.1. The Balaban J connectivity index is 0.936. The molecule has 0 atom stereocenters. The van der Waals surface area contributed by atoms with Crippen molar-refractivity contribution >= 4 is 64.9 Å². The summed E-state index contributed by atoms with van der Waals surface area (Å²) in [6.07, 6.45) is 0. The van der Waals surface area contributed by atoms with Crippen LogP contribution in [0, 0.1) is 0 Å². The number of fused-ring (bicyclic) bond motifs is 8. The second kappa shape index (κ2) is 13.8. The summed E-state index contributed by atoms with van der Waals surface area (Å²) in [5, 5.41) is 11.9. The molecule has 0 aliphatic carbocycles. The van der Waals surface area contributed by atoms with E-state index in [1.165, 1.54) is 43.3 Å². The second-order valence-electron chi connectivity index (χ2n) is 15.6. The predicted octanol–water partition coefficient (Wildman–Crippen LogP) is 15.1. The zero-order valence-electron chi connectivity index (χ0n) is 32.5. The van der Waals surface area contributed by atoms with Gasteiger partial charge in [-0.15, -0.1) is 0 Å². The Morgan fingerprint density at radius 1 is 0.250 bits per heavy atom. The van der Waals surface area contributed by atoms with Gasteiger partial charge in [-0.05, 0) is 84.9 Å². The summed E-state index contributed by atoms with van der Waals surface area (Å²) in [5.41, 5.74) is 11.7. The van der Waals surface area contributed by atoms with E-state index in [4.69, 9.17) is 15.0 Å². The summed E-state index contributed by atoms with van der Waals surface area (Å²) in [6, 6.07) is 75.8. The van der Waals surface area contributed by atoms with Crippen LogP contribution in [-0.4, -0.2) is 15.0 Å². The van der Waals surface area contributed by atoms with Crippen LogP contribution < -0.4 is 0 Å². The van der Waals surface area contributed by atoms with Crippen LogP contribution in [0.5, 0.6) is 0 Å². The molecule has 0 saturated heterocycles. The quantitative estimate of drug-likeness (QED) is 0.164. The molecule has 0 aliphatic rings. The van der Waals surface area contributed by atoms with Crippen LogP contribution in [-0.2, 0) is 0 Å². The molecule has 3 heteroatoms. The van der Waals surface area contributed by atoms with E-state index in [1.54, 1.807) is 0 Å². The molecular formula is C57H35N3. The van der Waals surface area contributed by atoms with Gasteiger partial charge in [0.05, 0.1) is 22.4 Å². The van der Waals surface area contributed by atoms with Crippen LogP contribution in [0.15, 0.2) is 212 Å². The Labute approximate surface area is 346 Å². The van der Waals surface area contributed by atoms with Gasteiger partial charge in [0.25, 0.3) is 0 Å². The molecule has 12 aromatic rings. The fourth-order valence-electron chi connectivity index (χ4n) is 9.03. The van der Waals surface area contributed by atoms with Crippen molar-refractivity contribution in [1.29, 1.82) is 0 Å². The van der Waals surface area contributed by atoms with E-state index in [2.05, 4.69) is 206 Å². The lowest BCUT2D eigenvalue weighted by atomic mass is 9.89. The maximum absolute atomic E-state index is 5.34. The molecule has 0 saturated carbocycles. The largest absolute Gasteiger partial charge is 0.247 e. The van der Waals surface area contributed by atoms with E-state index >= 15 is 0 Å². The Bertz CT molecular complexity index is 3640. The van der Waals surface area contributed by atoms with Crippen molar-refractivity contribution in [1.82, 2.24) is 15.0 Å². The standard InChI is InChI=1S/C57H35N3/c1-3-13-42-33-44(31-25-36(42)11-1)55-49-18-8-10-20-53(49)59-57(60-55)41-29-23-39(24-30-41)38-21-27-40(28-22-38)50-35-51-54(47-16-6-5-15-46(47)50)48-17-7-9-19-52(48)58-56(51)45-32-26-37-12-2-4-14-43(37)34-45/h1-35H. The van der Waals surface area contributed by atoms with Gasteiger partial charge in [0, 0.05) is 38.2 Å². The Kier molecular flexibility index (Phi) is 7.85. The minimum atomic E-state index is 0.715. The number of rotatable bonds is 5. The summed E-state index contributed by atoms with van der Waals surface area (Å²) in [6.45, 7) is 0. The number of hydrogen-bond acceptors (Lipinski definition) is 3. The van der Waals surface area contributed by atoms with Gasteiger partial charge >= 0.3 is 0 Å². The maximum atomic E-state index is 5.34. The third-order valence-corrected chi connectivity index (χ3v) is 12.0. The highest BCUT2D eigenvalue weighted by Gasteiger charge is 2.18. The summed E-state index contributed by atoms with van der Waals surface area (Å²) in [5.74, 6) is 0.715. The first-order valence-electron chi connectivity index (χ1n) is 20.4. The summed E-state index contributed by atoms with van der Waals surface area (Å²) >= 11 is 0. The van der Waals surface area contributed by atoms with Crippen molar-refractivity contribution in [2.24, 2.45) is 0 Å². The van der Waals surface area contributed by atoms with Gasteiger partial charge in [-0.25, -0.2) is 15.0 Å². The molecule has 0 amide bonds. The summed E-state index contributed by atoms with van der Waals surface area (Å²) in [7, 11) is 0. The fraction of sp³-hybridized carbons (Fsp3) is 0. The van der Waals surface area contributed by atoms with Gasteiger partial charge in [0.2, 0.25) is 0 Å². The lowest BCUT2D eigenvalue weighted by Crippen LogP contribution is -1.95. The van der Waals surface area contributed by atoms with E-state index in [0.717, 1.165) is 72.0 Å². The van der Waals surface area contributed by atoms with Crippen LogP contribution in [0.1, 0.15) is 0 Å². The van der Waals surface area contributed by atoms with Crippen LogP contribution in [0.3, 0.4) is 0 Å². The molecule has 60 heavy (non-hydrogen) atoms. The molecule has 0 N–H and O–H groups in total. The van der Waals surface area contributed by atoms with Crippen molar-refractivity contribution < 1.29 is 0 Å². The number of para-hydroxylation sites is 2. The lowest BCUT2D eigenvalue weighted by molar-refractivity contribution is 1.23. The first-order chi connectivity index (χ1) is 29.7. The van der Waals surface area contributed by atoms with Crippen molar-refractivity contribution in [3.63, 3.8) is 0 Å². The number of nitrogens with zero attached hydrogens (tertiary/aromatic N) is 3. The van der Waals surface area contributed by atoms with Gasteiger partial charge in [-0.1, -0.05) is 182 Å². The van der Waals surface area contributed by atoms with Gasteiger partial charge < -0.3 is 0 Å². The minimum absolute atomic E-state index is 0.715. The monoisotopic (exact) mass is 761 g/mol. The highest BCUT2D eigenvalue weighted by atomic mass is 14.9. The summed E-state index contributed by atoms with van der Waals surface area (Å²) in [4.78, 5) is 15.6. The lowest BCUT2D eigenvalue weighted by Gasteiger charge is -2.16. The van der Waals surface area contributed by atoms with Crippen molar-refractivity contribution in [2.45, 2.75) is 0 Å². The molecule has 2 heterocycles. The molecule has 0 aliphatic heterocycles. The molecule has 0 spiro atoms. The third-order valence-electron chi connectivity index (χ3n) is 12.0. The molecule has 0 radical (unpaired) electrons. The molecule has 0 unspecified atom stereocenters. The Hall–Kier alpha value is -8.01. The number of aromatic nitrogens is 3. The molecule has 278 valence electrons. The topological polar surface area (TPSA) is 38.7 Å². The van der Waals surface area contributed by atoms with Gasteiger partial charge in [-0.3, -0.25) is 0 Å². The fourth-order valence-corrected chi connectivity index (χ4v) is 9.03. The highest BCUT2D eigenvalue weighted by molar-refractivity contribution is 6.25. The molecule has 10 aromatic carbocycles. The maximum Gasteiger partial charge on any atom is 0.160 e. The predicted molar refractivity (Wildman–Crippen MR) is 252 cm³/mol. The molecule has 0 bridgehead atoms. The van der Waals surface area contributed by atoms with Crippen LogP contribution >= 0.6 is 0 Å². The van der Waals surface area contributed by atoms with Gasteiger partial charge in [0.15, 0.2) is 5.82 Å². The average molecular weight is 762 g/mol. The highest BCUT2D eigenvalue weighted by Crippen LogP contribution is 2.42. The second-order valence-corrected chi connectivity index (χ2v) is 15.6. The molecular weight excluding hydrogens is 727 g/mol. The van der Waals surface area contributed by atoms with E-state index in [9.17, 15) is 0 Å². The van der Waals surface area contributed by atoms with Crippen molar-refractivity contribution in [3.05, 3.63) is 212 Å². The zero-order chi connectivity index (χ0) is 39.6. The zero-order valence-corrected chi connectivity index (χ0v) is 32.5. The molecule has 12 rings (SSSR count). The van der Waals surface area contributed by atoms with E-state index in [-0.39, 0.29) is 0 Å². The smallest absolute Gasteiger partial charge is 0.160 e. The van der Waals surface area contributed by atoms with Crippen LogP contribution in [0.2, 0.25) is 0 Å². The van der Waals surface area contributed by atoms with E-state index in [0.29, 0.717) is 5.82 Å². The average Bonchev–Trinajstić information content (AvgIpc) is 3.32. The van der Waals surface area contributed by atoms with Crippen LogP contribution in [0.25, 0.3) is 121 Å². The van der Waals surface area contributed by atoms with E-state index in [1.807, 2.05) is 6.07 Å². The number of pyridine rings is 1. The van der Waals surface area contributed by atoms with Gasteiger partial charge in [0.1, 0.15) is 0 Å². The van der Waals surface area contributed by atoms with Crippen molar-refractivity contribution in [2.75, 3.05) is 0 Å². The number of benzene rings is 10. The molecule has 3 nitrogen and oxygen atoms in total. The van der Waals surface area contributed by atoms with Gasteiger partial charge in [-0.2, -0.15) is 0 Å². The van der Waals surface area contributed by atoms with E-state index < -0.39 is 0 Å². The normalized spacial score (nSPS) is 11.7. The van der Waals surface area contributed by atoms with Crippen molar-refractivity contribution in [3.8, 4) is 56.2 Å². The Morgan fingerprint density at radius 3 is 1.33 bits per heavy atom. The third kappa shape index (κ3) is 5.71.